The molecule has 0 aliphatic carbocycles. The summed E-state index contributed by atoms with van der Waals surface area (Å²) >= 11 is 0. The van der Waals surface area contributed by atoms with Gasteiger partial charge in [0.25, 0.3) is 0 Å². The van der Waals surface area contributed by atoms with E-state index in [1.165, 1.54) is 18.2 Å². The van der Waals surface area contributed by atoms with Crippen LogP contribution in [0.5, 0.6) is 0 Å². The van der Waals surface area contributed by atoms with Crippen LogP contribution in [-0.4, -0.2) is 41.3 Å². The lowest BCUT2D eigenvalue weighted by atomic mass is 10.1. The van der Waals surface area contributed by atoms with Gasteiger partial charge in [0.1, 0.15) is 12.2 Å². The second-order valence-corrected chi connectivity index (χ2v) is 4.86. The van der Waals surface area contributed by atoms with Crippen LogP contribution in [0.1, 0.15) is 26.2 Å². The zero-order valence-corrected chi connectivity index (χ0v) is 10.8. The van der Waals surface area contributed by atoms with E-state index in [2.05, 4.69) is 0 Å². The summed E-state index contributed by atoms with van der Waals surface area (Å²) in [4.78, 5) is 23.1. The molecule has 0 radical (unpaired) electrons. The van der Waals surface area contributed by atoms with E-state index in [9.17, 15) is 14.7 Å². The molecule has 0 aromatic carbocycles. The molecule has 0 saturated carbocycles. The molecule has 0 aromatic heterocycles. The van der Waals surface area contributed by atoms with Crippen molar-refractivity contribution in [3.8, 4) is 0 Å². The lowest BCUT2D eigenvalue weighted by Gasteiger charge is -2.11. The molecule has 5 heteroatoms. The molecule has 0 aromatic rings. The number of hydrogen-bond acceptors (Lipinski definition) is 5. The summed E-state index contributed by atoms with van der Waals surface area (Å²) in [5.41, 5.74) is 0. The molecule has 0 amide bonds. The van der Waals surface area contributed by atoms with Gasteiger partial charge in [0.2, 0.25) is 0 Å². The zero-order valence-electron chi connectivity index (χ0n) is 10.8. The lowest BCUT2D eigenvalue weighted by Crippen LogP contribution is -2.15. The Kier molecular flexibility index (Phi) is 4.50. The summed E-state index contributed by atoms with van der Waals surface area (Å²) in [7, 11) is 0. The summed E-state index contributed by atoms with van der Waals surface area (Å²) in [6.45, 7) is 1.79. The first-order valence-electron chi connectivity index (χ1n) is 6.49. The number of esters is 1. The average molecular weight is 266 g/mol. The molecule has 4 atom stereocenters. The van der Waals surface area contributed by atoms with Crippen molar-refractivity contribution in [1.82, 2.24) is 0 Å². The molecule has 19 heavy (non-hydrogen) atoms. The van der Waals surface area contributed by atoms with Crippen molar-refractivity contribution < 1.29 is 24.2 Å². The van der Waals surface area contributed by atoms with Gasteiger partial charge in [-0.05, 0) is 25.8 Å². The predicted molar refractivity (Wildman–Crippen MR) is 67.4 cm³/mol. The maximum absolute atomic E-state index is 11.7. The van der Waals surface area contributed by atoms with Gasteiger partial charge in [0.05, 0.1) is 12.2 Å². The highest BCUT2D eigenvalue weighted by Gasteiger charge is 2.42. The van der Waals surface area contributed by atoms with Crippen molar-refractivity contribution >= 4 is 11.8 Å². The highest BCUT2D eigenvalue weighted by Crippen LogP contribution is 2.26. The second kappa shape index (κ2) is 6.12. The minimum Gasteiger partial charge on any atom is -0.460 e. The van der Waals surface area contributed by atoms with Crippen LogP contribution < -0.4 is 0 Å². The van der Waals surface area contributed by atoms with Crippen molar-refractivity contribution in [2.24, 2.45) is 0 Å². The molecule has 4 unspecified atom stereocenters. The predicted octanol–water partition coefficient (Wildman–Crippen LogP) is 0.912. The van der Waals surface area contributed by atoms with Crippen molar-refractivity contribution in [1.29, 1.82) is 0 Å². The summed E-state index contributed by atoms with van der Waals surface area (Å²) in [6.07, 6.45) is 5.73. The average Bonchev–Trinajstić information content (AvgIpc) is 3.12. The number of cyclic esters (lactones) is 1. The van der Waals surface area contributed by atoms with E-state index in [4.69, 9.17) is 9.47 Å². The van der Waals surface area contributed by atoms with Crippen LogP contribution in [0, 0.1) is 0 Å². The first kappa shape index (κ1) is 14.0. The highest BCUT2D eigenvalue weighted by molar-refractivity contribution is 5.86. The number of aliphatic hydroxyl groups excluding tert-OH is 1. The van der Waals surface area contributed by atoms with E-state index in [1.54, 1.807) is 13.0 Å². The second-order valence-electron chi connectivity index (χ2n) is 4.86. The van der Waals surface area contributed by atoms with Gasteiger partial charge in [-0.15, -0.1) is 0 Å². The molecule has 1 saturated heterocycles. The maximum Gasteiger partial charge on any atom is 0.330 e. The number of fused-ring (bicyclic) bond motifs is 1. The highest BCUT2D eigenvalue weighted by atomic mass is 16.6. The molecule has 2 aliphatic heterocycles. The van der Waals surface area contributed by atoms with Gasteiger partial charge in [0.15, 0.2) is 5.78 Å². The number of epoxide rings is 1. The maximum atomic E-state index is 11.7. The van der Waals surface area contributed by atoms with Crippen molar-refractivity contribution in [3.63, 3.8) is 0 Å². The van der Waals surface area contributed by atoms with Gasteiger partial charge in [-0.25, -0.2) is 4.79 Å². The standard InChI is InChI=1S/C14H18O5/c1-9-3-2-4-11(16)14-12(19-14)7-5-10(15)6-8-13(17)18-9/h5-10,12,14-15H,2-4H2,1H3. The number of carbonyl (C=O) groups is 2. The number of carbonyl (C=O) groups excluding carboxylic acids is 2. The Balaban J connectivity index is 2.01. The van der Waals surface area contributed by atoms with E-state index >= 15 is 0 Å². The number of ether oxygens (including phenoxy) is 2. The van der Waals surface area contributed by atoms with Crippen LogP contribution in [0.3, 0.4) is 0 Å². The number of aliphatic hydroxyl groups is 1. The van der Waals surface area contributed by atoms with Gasteiger partial charge < -0.3 is 14.6 Å². The van der Waals surface area contributed by atoms with E-state index < -0.39 is 12.1 Å². The minimum absolute atomic E-state index is 0.0651. The van der Waals surface area contributed by atoms with Crippen molar-refractivity contribution in [3.05, 3.63) is 24.3 Å². The lowest BCUT2D eigenvalue weighted by molar-refractivity contribution is -0.142. The van der Waals surface area contributed by atoms with Crippen molar-refractivity contribution in [2.75, 3.05) is 0 Å². The number of Topliss-reactive ketones (excluding diaryl/α,β-unsaturated/α-hetero) is 1. The first-order valence-corrected chi connectivity index (χ1v) is 6.49. The van der Waals surface area contributed by atoms with Crippen LogP contribution in [0.2, 0.25) is 0 Å². The molecule has 0 bridgehead atoms. The van der Waals surface area contributed by atoms with Gasteiger partial charge in [0, 0.05) is 12.5 Å². The Hall–Kier alpha value is -1.46. The first-order chi connectivity index (χ1) is 9.06. The van der Waals surface area contributed by atoms with Gasteiger partial charge in [-0.2, -0.15) is 0 Å². The fourth-order valence-electron chi connectivity index (χ4n) is 2.00. The minimum atomic E-state index is -0.884. The molecule has 0 spiro atoms. The van der Waals surface area contributed by atoms with Crippen LogP contribution in [0.4, 0.5) is 0 Å². The Labute approximate surface area is 111 Å². The summed E-state index contributed by atoms with van der Waals surface area (Å²) in [5.74, 6) is -0.417. The molecule has 5 nitrogen and oxygen atoms in total. The summed E-state index contributed by atoms with van der Waals surface area (Å²) in [6, 6.07) is 0. The molecule has 1 fully saturated rings. The Morgan fingerprint density at radius 3 is 2.84 bits per heavy atom. The SMILES string of the molecule is CC1CCCC(=O)C2OC2C=CC(O)C=CC(=O)O1. The Bertz CT molecular complexity index is 412. The molecular formula is C14H18O5. The molecule has 1 N–H and O–H groups in total. The topological polar surface area (TPSA) is 76.1 Å². The van der Waals surface area contributed by atoms with Crippen LogP contribution in [-0.2, 0) is 19.1 Å². The smallest absolute Gasteiger partial charge is 0.330 e. The largest absolute Gasteiger partial charge is 0.460 e. The van der Waals surface area contributed by atoms with Crippen molar-refractivity contribution in [2.45, 2.75) is 50.6 Å². The quantitative estimate of drug-likeness (QED) is 0.401. The summed E-state index contributed by atoms with van der Waals surface area (Å²) in [5, 5.41) is 9.58. The molecule has 104 valence electrons. The van der Waals surface area contributed by atoms with Gasteiger partial charge >= 0.3 is 5.97 Å². The molecule has 2 heterocycles. The third kappa shape index (κ3) is 4.29. The fraction of sp³-hybridized carbons (Fsp3) is 0.571. The number of ketones is 1. The van der Waals surface area contributed by atoms with E-state index in [0.717, 1.165) is 0 Å². The fourth-order valence-corrected chi connectivity index (χ4v) is 2.00. The normalized spacial score (nSPS) is 36.3. The van der Waals surface area contributed by atoms with Crippen LogP contribution >= 0.6 is 0 Å². The Morgan fingerprint density at radius 1 is 1.26 bits per heavy atom. The van der Waals surface area contributed by atoms with Gasteiger partial charge in [-0.3, -0.25) is 4.79 Å². The molecule has 2 rings (SSSR count). The third-order valence-corrected chi connectivity index (χ3v) is 3.12. The van der Waals surface area contributed by atoms with Crippen LogP contribution in [0.25, 0.3) is 0 Å². The zero-order chi connectivity index (χ0) is 13.8. The number of rotatable bonds is 0. The molecule has 2 aliphatic rings. The van der Waals surface area contributed by atoms with Gasteiger partial charge in [-0.1, -0.05) is 12.2 Å². The van der Waals surface area contributed by atoms with Crippen LogP contribution in [0.15, 0.2) is 24.3 Å². The monoisotopic (exact) mass is 266 g/mol. The van der Waals surface area contributed by atoms with E-state index in [-0.39, 0.29) is 24.1 Å². The number of hydrogen-bond donors (Lipinski definition) is 1. The third-order valence-electron chi connectivity index (χ3n) is 3.12. The summed E-state index contributed by atoms with van der Waals surface area (Å²) < 4.78 is 10.3. The van der Waals surface area contributed by atoms with E-state index in [0.29, 0.717) is 19.3 Å². The van der Waals surface area contributed by atoms with E-state index in [1.807, 2.05) is 0 Å². The Morgan fingerprint density at radius 2 is 2.05 bits per heavy atom. The molecular weight excluding hydrogens is 248 g/mol.